The minimum Gasteiger partial charge on any atom is -0.481 e. The van der Waals surface area contributed by atoms with E-state index in [2.05, 4.69) is 18.7 Å². The molecule has 1 N–H and O–H groups in total. The monoisotopic (exact) mass is 213 g/mol. The van der Waals surface area contributed by atoms with Gasteiger partial charge in [0.1, 0.15) is 0 Å². The third-order valence-electron chi connectivity index (χ3n) is 3.30. The molecule has 1 atom stereocenters. The first-order valence-corrected chi connectivity index (χ1v) is 6.02. The van der Waals surface area contributed by atoms with Gasteiger partial charge in [-0.05, 0) is 44.2 Å². The Balaban J connectivity index is 2.14. The van der Waals surface area contributed by atoms with E-state index in [1.807, 2.05) is 0 Å². The van der Waals surface area contributed by atoms with Crippen molar-refractivity contribution in [3.05, 3.63) is 0 Å². The van der Waals surface area contributed by atoms with Gasteiger partial charge in [-0.2, -0.15) is 0 Å². The maximum atomic E-state index is 10.4. The summed E-state index contributed by atoms with van der Waals surface area (Å²) in [5.74, 6) is 0.708. The lowest BCUT2D eigenvalue weighted by Crippen LogP contribution is -2.36. The van der Waals surface area contributed by atoms with E-state index in [4.69, 9.17) is 5.11 Å². The Morgan fingerprint density at radius 3 is 2.60 bits per heavy atom. The van der Waals surface area contributed by atoms with Gasteiger partial charge in [0.2, 0.25) is 0 Å². The summed E-state index contributed by atoms with van der Waals surface area (Å²) in [5, 5.41) is 8.59. The van der Waals surface area contributed by atoms with Crippen molar-refractivity contribution in [1.29, 1.82) is 0 Å². The van der Waals surface area contributed by atoms with Crippen molar-refractivity contribution < 1.29 is 9.90 Å². The first-order valence-electron chi connectivity index (χ1n) is 6.02. The Bertz CT molecular complexity index is 198. The molecule has 1 aliphatic rings. The molecule has 0 aliphatic carbocycles. The van der Waals surface area contributed by atoms with Crippen molar-refractivity contribution >= 4 is 5.97 Å². The Hall–Kier alpha value is -0.570. The largest absolute Gasteiger partial charge is 0.481 e. The van der Waals surface area contributed by atoms with Crippen molar-refractivity contribution in [2.45, 2.75) is 39.5 Å². The molecule has 1 saturated heterocycles. The quantitative estimate of drug-likeness (QED) is 0.761. The number of carbonyl (C=O) groups is 1. The summed E-state index contributed by atoms with van der Waals surface area (Å²) in [5.41, 5.74) is 0. The summed E-state index contributed by atoms with van der Waals surface area (Å²) in [6.45, 7) is 7.92. The van der Waals surface area contributed by atoms with Gasteiger partial charge in [0.05, 0.1) is 0 Å². The van der Waals surface area contributed by atoms with Gasteiger partial charge in [0, 0.05) is 13.0 Å². The third-order valence-corrected chi connectivity index (χ3v) is 3.30. The fourth-order valence-electron chi connectivity index (χ4n) is 2.15. The average Bonchev–Trinajstić information content (AvgIpc) is 2.19. The number of nitrogens with zero attached hydrogens (tertiary/aromatic N) is 1. The minimum absolute atomic E-state index is 0.311. The highest BCUT2D eigenvalue weighted by atomic mass is 16.4. The van der Waals surface area contributed by atoms with E-state index in [0.717, 1.165) is 18.9 Å². The molecule has 0 amide bonds. The van der Waals surface area contributed by atoms with Crippen LogP contribution in [0, 0.1) is 11.8 Å². The maximum Gasteiger partial charge on any atom is 0.303 e. The van der Waals surface area contributed by atoms with E-state index in [0.29, 0.717) is 12.3 Å². The molecule has 0 radical (unpaired) electrons. The van der Waals surface area contributed by atoms with E-state index < -0.39 is 5.97 Å². The van der Waals surface area contributed by atoms with Crippen molar-refractivity contribution in [2.24, 2.45) is 11.8 Å². The van der Waals surface area contributed by atoms with Gasteiger partial charge in [0.15, 0.2) is 0 Å². The Labute approximate surface area is 92.5 Å². The Morgan fingerprint density at radius 2 is 2.07 bits per heavy atom. The van der Waals surface area contributed by atoms with Crippen LogP contribution in [-0.4, -0.2) is 35.6 Å². The zero-order valence-corrected chi connectivity index (χ0v) is 9.91. The molecule has 0 saturated carbocycles. The molecule has 1 rings (SSSR count). The highest BCUT2D eigenvalue weighted by Crippen LogP contribution is 2.18. The standard InChI is InChI=1S/C12H23NO2/c1-10-5-7-13(8-6-10)9-11(2)3-4-12(14)15/h10-11H,3-9H2,1-2H3,(H,14,15). The van der Waals surface area contributed by atoms with Gasteiger partial charge in [0.25, 0.3) is 0 Å². The molecule has 1 unspecified atom stereocenters. The number of likely N-dealkylation sites (tertiary alicyclic amines) is 1. The van der Waals surface area contributed by atoms with Gasteiger partial charge in [-0.1, -0.05) is 13.8 Å². The van der Waals surface area contributed by atoms with Crippen molar-refractivity contribution in [3.8, 4) is 0 Å². The first-order chi connectivity index (χ1) is 7.08. The molecule has 1 heterocycles. The number of hydrogen-bond donors (Lipinski definition) is 1. The molecule has 88 valence electrons. The van der Waals surface area contributed by atoms with Crippen LogP contribution in [0.15, 0.2) is 0 Å². The molecule has 0 aromatic carbocycles. The van der Waals surface area contributed by atoms with Crippen LogP contribution in [0.3, 0.4) is 0 Å². The highest BCUT2D eigenvalue weighted by molar-refractivity contribution is 5.66. The number of carboxylic acids is 1. The van der Waals surface area contributed by atoms with Crippen molar-refractivity contribution in [3.63, 3.8) is 0 Å². The first kappa shape index (κ1) is 12.5. The van der Waals surface area contributed by atoms with Crippen LogP contribution < -0.4 is 0 Å². The predicted octanol–water partition coefficient (Wildman–Crippen LogP) is 2.22. The second-order valence-electron chi connectivity index (χ2n) is 5.02. The normalized spacial score (nSPS) is 21.5. The molecule has 15 heavy (non-hydrogen) atoms. The topological polar surface area (TPSA) is 40.5 Å². The smallest absolute Gasteiger partial charge is 0.303 e. The number of piperidine rings is 1. The van der Waals surface area contributed by atoms with Crippen molar-refractivity contribution in [2.75, 3.05) is 19.6 Å². The van der Waals surface area contributed by atoms with Gasteiger partial charge < -0.3 is 10.0 Å². The summed E-state index contributed by atoms with van der Waals surface area (Å²) in [4.78, 5) is 12.9. The molecule has 1 aliphatic heterocycles. The Morgan fingerprint density at radius 1 is 1.47 bits per heavy atom. The fourth-order valence-corrected chi connectivity index (χ4v) is 2.15. The van der Waals surface area contributed by atoms with Gasteiger partial charge in [-0.25, -0.2) is 0 Å². The summed E-state index contributed by atoms with van der Waals surface area (Å²) in [6.07, 6.45) is 3.71. The molecule has 0 bridgehead atoms. The second kappa shape index (κ2) is 6.11. The molecular formula is C12H23NO2. The lowest BCUT2D eigenvalue weighted by atomic mass is 9.97. The molecule has 0 aromatic rings. The molecule has 3 heteroatoms. The third kappa shape index (κ3) is 5.17. The summed E-state index contributed by atoms with van der Waals surface area (Å²) in [7, 11) is 0. The second-order valence-corrected chi connectivity index (χ2v) is 5.02. The van der Waals surface area contributed by atoms with E-state index in [1.54, 1.807) is 0 Å². The predicted molar refractivity (Wildman–Crippen MR) is 60.9 cm³/mol. The summed E-state index contributed by atoms with van der Waals surface area (Å²) in [6, 6.07) is 0. The van der Waals surface area contributed by atoms with Crippen LogP contribution in [0.1, 0.15) is 39.5 Å². The molecule has 0 spiro atoms. The zero-order valence-electron chi connectivity index (χ0n) is 9.91. The number of carboxylic acid groups (broad SMARTS) is 1. The summed E-state index contributed by atoms with van der Waals surface area (Å²) < 4.78 is 0. The van der Waals surface area contributed by atoms with E-state index in [9.17, 15) is 4.79 Å². The van der Waals surface area contributed by atoms with E-state index in [-0.39, 0.29) is 0 Å². The molecular weight excluding hydrogens is 190 g/mol. The van der Waals surface area contributed by atoms with Crippen LogP contribution in [0.4, 0.5) is 0 Å². The molecule has 3 nitrogen and oxygen atoms in total. The average molecular weight is 213 g/mol. The number of aliphatic carboxylic acids is 1. The SMILES string of the molecule is CC1CCN(CC(C)CCC(=O)O)CC1. The van der Waals surface area contributed by atoms with E-state index in [1.165, 1.54) is 25.9 Å². The van der Waals surface area contributed by atoms with Crippen LogP contribution in [0.2, 0.25) is 0 Å². The lowest BCUT2D eigenvalue weighted by molar-refractivity contribution is -0.137. The number of rotatable bonds is 5. The fraction of sp³-hybridized carbons (Fsp3) is 0.917. The lowest BCUT2D eigenvalue weighted by Gasteiger charge is -2.32. The van der Waals surface area contributed by atoms with Crippen LogP contribution in [-0.2, 0) is 4.79 Å². The van der Waals surface area contributed by atoms with Crippen LogP contribution in [0.25, 0.3) is 0 Å². The van der Waals surface area contributed by atoms with Crippen LogP contribution in [0.5, 0.6) is 0 Å². The zero-order chi connectivity index (χ0) is 11.3. The molecule has 0 aromatic heterocycles. The van der Waals surface area contributed by atoms with Crippen molar-refractivity contribution in [1.82, 2.24) is 4.90 Å². The van der Waals surface area contributed by atoms with E-state index >= 15 is 0 Å². The van der Waals surface area contributed by atoms with Gasteiger partial charge in [-0.3, -0.25) is 4.79 Å². The maximum absolute atomic E-state index is 10.4. The Kier molecular flexibility index (Phi) is 5.09. The molecule has 1 fully saturated rings. The minimum atomic E-state index is -0.672. The highest BCUT2D eigenvalue weighted by Gasteiger charge is 2.17. The van der Waals surface area contributed by atoms with Gasteiger partial charge >= 0.3 is 5.97 Å². The van der Waals surface area contributed by atoms with Crippen LogP contribution >= 0.6 is 0 Å². The summed E-state index contributed by atoms with van der Waals surface area (Å²) >= 11 is 0. The van der Waals surface area contributed by atoms with Gasteiger partial charge in [-0.15, -0.1) is 0 Å². The number of hydrogen-bond acceptors (Lipinski definition) is 2.